The fourth-order valence-corrected chi connectivity index (χ4v) is 7.32. The highest BCUT2D eigenvalue weighted by Crippen LogP contribution is 2.47. The Morgan fingerprint density at radius 1 is 0.659 bits per heavy atom. The molecule has 2 aromatic heterocycles. The lowest BCUT2D eigenvalue weighted by molar-refractivity contribution is 0.829. The lowest BCUT2D eigenvalue weighted by Gasteiger charge is -2.28. The van der Waals surface area contributed by atoms with E-state index in [-0.39, 0.29) is 0 Å². The number of para-hydroxylation sites is 3. The molecule has 3 nitrogen and oxygen atoms in total. The molecular weight excluding hydrogens is 498 g/mol. The molecule has 9 rings (SSSR count). The summed E-state index contributed by atoms with van der Waals surface area (Å²) in [6.07, 6.45) is 9.72. The summed E-state index contributed by atoms with van der Waals surface area (Å²) in [5, 5.41) is 5.02. The van der Waals surface area contributed by atoms with Gasteiger partial charge in [-0.2, -0.15) is 0 Å². The Bertz CT molecular complexity index is 2260. The zero-order chi connectivity index (χ0) is 27.1. The number of hydrogen-bond acceptors (Lipinski definition) is 1. The van der Waals surface area contributed by atoms with E-state index in [1.807, 2.05) is 6.20 Å². The Morgan fingerprint density at radius 2 is 1.39 bits per heavy atom. The molecule has 0 saturated heterocycles. The first-order valence-corrected chi connectivity index (χ1v) is 14.3. The summed E-state index contributed by atoms with van der Waals surface area (Å²) >= 11 is 0. The maximum absolute atomic E-state index is 4.19. The molecule has 0 amide bonds. The number of rotatable bonds is 3. The SMILES string of the molecule is C=Cn1c2ccccc2c2ccc3c(c4ccccc4n3-c3ccc(N4c5ccccc5C5=CC=CCC54)cc3)c21. The first-order chi connectivity index (χ1) is 20.3. The van der Waals surface area contributed by atoms with Crippen LogP contribution in [0.2, 0.25) is 0 Å². The summed E-state index contributed by atoms with van der Waals surface area (Å²) in [6, 6.07) is 40.2. The highest BCUT2D eigenvalue weighted by Gasteiger charge is 2.34. The summed E-state index contributed by atoms with van der Waals surface area (Å²) in [4.78, 5) is 2.51. The highest BCUT2D eigenvalue weighted by molar-refractivity contribution is 6.26. The van der Waals surface area contributed by atoms with E-state index in [1.54, 1.807) is 0 Å². The summed E-state index contributed by atoms with van der Waals surface area (Å²) in [5.74, 6) is 0. The highest BCUT2D eigenvalue weighted by atomic mass is 15.2. The van der Waals surface area contributed by atoms with Gasteiger partial charge in [0, 0.05) is 50.4 Å². The van der Waals surface area contributed by atoms with Crippen molar-refractivity contribution in [3.8, 4) is 5.69 Å². The molecule has 0 radical (unpaired) electrons. The molecule has 1 aliphatic heterocycles. The van der Waals surface area contributed by atoms with Gasteiger partial charge in [0.2, 0.25) is 0 Å². The summed E-state index contributed by atoms with van der Waals surface area (Å²) in [6.45, 7) is 4.19. The van der Waals surface area contributed by atoms with Gasteiger partial charge in [-0.25, -0.2) is 0 Å². The van der Waals surface area contributed by atoms with E-state index < -0.39 is 0 Å². The van der Waals surface area contributed by atoms with Crippen molar-refractivity contribution in [1.29, 1.82) is 0 Å². The Morgan fingerprint density at radius 3 is 2.24 bits per heavy atom. The zero-order valence-corrected chi connectivity index (χ0v) is 22.5. The van der Waals surface area contributed by atoms with Gasteiger partial charge in [-0.3, -0.25) is 0 Å². The number of hydrogen-bond donors (Lipinski definition) is 0. The van der Waals surface area contributed by atoms with Crippen LogP contribution in [0, 0.1) is 0 Å². The van der Waals surface area contributed by atoms with E-state index >= 15 is 0 Å². The molecule has 2 aliphatic rings. The molecule has 0 saturated carbocycles. The van der Waals surface area contributed by atoms with Crippen molar-refractivity contribution in [3.05, 3.63) is 140 Å². The van der Waals surface area contributed by atoms with Crippen molar-refractivity contribution in [2.75, 3.05) is 4.90 Å². The zero-order valence-electron chi connectivity index (χ0n) is 22.5. The predicted octanol–water partition coefficient (Wildman–Crippen LogP) is 9.86. The monoisotopic (exact) mass is 525 g/mol. The van der Waals surface area contributed by atoms with Gasteiger partial charge in [-0.1, -0.05) is 85.5 Å². The van der Waals surface area contributed by atoms with Crippen LogP contribution >= 0.6 is 0 Å². The van der Waals surface area contributed by atoms with Crippen molar-refractivity contribution in [2.24, 2.45) is 0 Å². The molecule has 7 aromatic rings. The van der Waals surface area contributed by atoms with E-state index in [1.165, 1.54) is 66.1 Å². The fourth-order valence-electron chi connectivity index (χ4n) is 7.32. The summed E-state index contributed by atoms with van der Waals surface area (Å²) in [7, 11) is 0. The Balaban J connectivity index is 1.26. The fraction of sp³-hybridized carbons (Fsp3) is 0.0526. The van der Waals surface area contributed by atoms with Gasteiger partial charge in [-0.05, 0) is 60.5 Å². The van der Waals surface area contributed by atoms with Crippen LogP contribution in [0.15, 0.2) is 134 Å². The van der Waals surface area contributed by atoms with Crippen LogP contribution in [0.5, 0.6) is 0 Å². The number of anilines is 2. The third kappa shape index (κ3) is 2.98. The van der Waals surface area contributed by atoms with Crippen LogP contribution in [0.4, 0.5) is 11.4 Å². The van der Waals surface area contributed by atoms with Crippen molar-refractivity contribution in [1.82, 2.24) is 9.13 Å². The van der Waals surface area contributed by atoms with Gasteiger partial charge in [-0.15, -0.1) is 0 Å². The van der Waals surface area contributed by atoms with Crippen molar-refractivity contribution < 1.29 is 0 Å². The number of benzene rings is 5. The van der Waals surface area contributed by atoms with Crippen LogP contribution < -0.4 is 4.90 Å². The normalized spacial score (nSPS) is 16.0. The molecule has 1 atom stereocenters. The number of nitrogens with zero attached hydrogens (tertiary/aromatic N) is 3. The third-order valence-corrected chi connectivity index (χ3v) is 8.99. The Kier molecular flexibility index (Phi) is 4.59. The molecule has 1 aliphatic carbocycles. The lowest BCUT2D eigenvalue weighted by atomic mass is 9.96. The molecule has 194 valence electrons. The van der Waals surface area contributed by atoms with E-state index in [0.29, 0.717) is 6.04 Å². The molecule has 41 heavy (non-hydrogen) atoms. The van der Waals surface area contributed by atoms with Crippen LogP contribution in [0.25, 0.3) is 61.1 Å². The van der Waals surface area contributed by atoms with Crippen LogP contribution in [-0.2, 0) is 0 Å². The number of fused-ring (bicyclic) bond motifs is 10. The minimum absolute atomic E-state index is 0.339. The van der Waals surface area contributed by atoms with Crippen LogP contribution in [0.1, 0.15) is 12.0 Å². The topological polar surface area (TPSA) is 13.1 Å². The second-order valence-corrected chi connectivity index (χ2v) is 11.0. The van der Waals surface area contributed by atoms with Gasteiger partial charge in [0.25, 0.3) is 0 Å². The average molecular weight is 526 g/mol. The molecule has 0 fully saturated rings. The maximum Gasteiger partial charge on any atom is 0.0635 e. The summed E-state index contributed by atoms with van der Waals surface area (Å²) < 4.78 is 4.66. The molecule has 3 heteroatoms. The molecule has 0 bridgehead atoms. The predicted molar refractivity (Wildman–Crippen MR) is 174 cm³/mol. The molecule has 0 spiro atoms. The number of aromatic nitrogens is 2. The largest absolute Gasteiger partial charge is 0.333 e. The molecular formula is C38H27N3. The minimum Gasteiger partial charge on any atom is -0.333 e. The van der Waals surface area contributed by atoms with Gasteiger partial charge in [0.1, 0.15) is 0 Å². The second-order valence-electron chi connectivity index (χ2n) is 11.0. The van der Waals surface area contributed by atoms with Gasteiger partial charge >= 0.3 is 0 Å². The summed E-state index contributed by atoms with van der Waals surface area (Å²) in [5.41, 5.74) is 11.2. The molecule has 5 aromatic carbocycles. The maximum atomic E-state index is 4.19. The van der Waals surface area contributed by atoms with E-state index in [0.717, 1.165) is 12.1 Å². The average Bonchev–Trinajstić information content (AvgIpc) is 3.67. The van der Waals surface area contributed by atoms with Crippen molar-refractivity contribution in [3.63, 3.8) is 0 Å². The van der Waals surface area contributed by atoms with Crippen LogP contribution in [0.3, 0.4) is 0 Å². The Hall–Kier alpha value is -5.28. The second kappa shape index (κ2) is 8.36. The number of allylic oxidation sites excluding steroid dienone is 2. The third-order valence-electron chi connectivity index (χ3n) is 8.99. The minimum atomic E-state index is 0.339. The molecule has 0 N–H and O–H groups in total. The molecule has 1 unspecified atom stereocenters. The first kappa shape index (κ1) is 22.5. The lowest BCUT2D eigenvalue weighted by Crippen LogP contribution is -2.27. The van der Waals surface area contributed by atoms with Gasteiger partial charge in [0.15, 0.2) is 0 Å². The van der Waals surface area contributed by atoms with Crippen molar-refractivity contribution >= 4 is 66.8 Å². The van der Waals surface area contributed by atoms with Crippen molar-refractivity contribution in [2.45, 2.75) is 12.5 Å². The standard InChI is InChI=1S/C38H27N3/c1-2-39-32-15-7-3-13-29(32)30-23-24-36-37(38(30)39)31-14-6-10-18-35(31)41(36)26-21-19-25(20-22-26)40-33-16-8-4-11-27(33)28-12-5-9-17-34(28)40/h2-16,18-24,34H,1,17H2. The van der Waals surface area contributed by atoms with Gasteiger partial charge in [0.05, 0.1) is 28.1 Å². The Labute approximate surface area is 238 Å². The van der Waals surface area contributed by atoms with E-state index in [9.17, 15) is 0 Å². The van der Waals surface area contributed by atoms with E-state index in [4.69, 9.17) is 0 Å². The van der Waals surface area contributed by atoms with Gasteiger partial charge < -0.3 is 14.0 Å². The first-order valence-electron chi connectivity index (χ1n) is 14.3. The molecule has 3 heterocycles. The smallest absolute Gasteiger partial charge is 0.0635 e. The van der Waals surface area contributed by atoms with E-state index in [2.05, 4.69) is 148 Å². The quantitative estimate of drug-likeness (QED) is 0.224. The van der Waals surface area contributed by atoms with Crippen LogP contribution in [-0.4, -0.2) is 15.2 Å².